The number of nitrogens with zero attached hydrogens (tertiary/aromatic N) is 1. The molecule has 0 aromatic carbocycles. The van der Waals surface area contributed by atoms with Gasteiger partial charge in [-0.1, -0.05) is 11.6 Å². The first-order valence-corrected chi connectivity index (χ1v) is 2.87. The smallest absolute Gasteiger partial charge is 0.0853 e. The van der Waals surface area contributed by atoms with E-state index in [1.165, 1.54) is 0 Å². The molecule has 1 atom stereocenters. The summed E-state index contributed by atoms with van der Waals surface area (Å²) in [6.07, 6.45) is 1.27. The first-order valence-electron chi connectivity index (χ1n) is 2.87. The van der Waals surface area contributed by atoms with E-state index < -0.39 is 6.10 Å². The van der Waals surface area contributed by atoms with E-state index in [-0.39, 0.29) is 6.42 Å². The van der Waals surface area contributed by atoms with Gasteiger partial charge in [0.15, 0.2) is 0 Å². The third-order valence-corrected chi connectivity index (χ3v) is 0.826. The molecule has 0 aliphatic heterocycles. The van der Waals surface area contributed by atoms with E-state index in [1.54, 1.807) is 6.08 Å². The Hall–Kier alpha value is -0.810. The van der Waals surface area contributed by atoms with Crippen molar-refractivity contribution in [1.29, 1.82) is 5.26 Å². The Bertz CT molecular complexity index is 139. The monoisotopic (exact) mass is 125 g/mol. The Morgan fingerprint density at radius 2 is 2.33 bits per heavy atom. The zero-order valence-corrected chi connectivity index (χ0v) is 5.76. The Morgan fingerprint density at radius 1 is 1.78 bits per heavy atom. The average molecular weight is 125 g/mol. The topological polar surface area (TPSA) is 44.0 Å². The molecule has 0 aliphatic rings. The van der Waals surface area contributed by atoms with Gasteiger partial charge in [0.2, 0.25) is 0 Å². The van der Waals surface area contributed by atoms with Crippen LogP contribution in [-0.2, 0) is 0 Å². The summed E-state index contributed by atoms with van der Waals surface area (Å²) >= 11 is 0. The fourth-order valence-electron chi connectivity index (χ4n) is 0.537. The van der Waals surface area contributed by atoms with Gasteiger partial charge in [-0.05, 0) is 13.8 Å². The molecular weight excluding hydrogens is 114 g/mol. The summed E-state index contributed by atoms with van der Waals surface area (Å²) in [5.41, 5.74) is 1.04. The van der Waals surface area contributed by atoms with Crippen LogP contribution in [0.25, 0.3) is 0 Å². The predicted molar refractivity (Wildman–Crippen MR) is 35.7 cm³/mol. The van der Waals surface area contributed by atoms with Crippen LogP contribution >= 0.6 is 0 Å². The van der Waals surface area contributed by atoms with Gasteiger partial charge in [0.05, 0.1) is 18.6 Å². The highest BCUT2D eigenvalue weighted by atomic mass is 16.3. The first kappa shape index (κ1) is 8.19. The first-order chi connectivity index (χ1) is 4.16. The maximum atomic E-state index is 8.92. The Kier molecular flexibility index (Phi) is 3.74. The molecule has 0 rings (SSSR count). The maximum absolute atomic E-state index is 8.92. The van der Waals surface area contributed by atoms with Crippen LogP contribution in [0.3, 0.4) is 0 Å². The average Bonchev–Trinajstić information content (AvgIpc) is 1.63. The van der Waals surface area contributed by atoms with Crippen LogP contribution in [-0.4, -0.2) is 11.2 Å². The minimum absolute atomic E-state index is 0.186. The van der Waals surface area contributed by atoms with E-state index in [1.807, 2.05) is 19.9 Å². The van der Waals surface area contributed by atoms with Gasteiger partial charge in [0.25, 0.3) is 0 Å². The van der Waals surface area contributed by atoms with E-state index in [0.29, 0.717) is 0 Å². The van der Waals surface area contributed by atoms with Gasteiger partial charge in [0.1, 0.15) is 0 Å². The van der Waals surface area contributed by atoms with Crippen LogP contribution in [0.4, 0.5) is 0 Å². The summed E-state index contributed by atoms with van der Waals surface area (Å²) in [7, 11) is 0. The molecule has 0 heterocycles. The van der Waals surface area contributed by atoms with E-state index in [0.717, 1.165) is 5.57 Å². The minimum Gasteiger partial charge on any atom is -0.388 e. The second kappa shape index (κ2) is 4.11. The van der Waals surface area contributed by atoms with Gasteiger partial charge in [-0.15, -0.1) is 0 Å². The molecule has 0 fully saturated rings. The molecular formula is C7H11NO. The van der Waals surface area contributed by atoms with Crippen molar-refractivity contribution in [2.75, 3.05) is 0 Å². The number of aliphatic hydroxyl groups excluding tert-OH is 1. The Labute approximate surface area is 55.4 Å². The lowest BCUT2D eigenvalue weighted by Crippen LogP contribution is -1.99. The summed E-state index contributed by atoms with van der Waals surface area (Å²) in [4.78, 5) is 0. The van der Waals surface area contributed by atoms with Crippen LogP contribution in [0.1, 0.15) is 20.3 Å². The van der Waals surface area contributed by atoms with Gasteiger partial charge >= 0.3 is 0 Å². The minimum atomic E-state index is -0.583. The second-order valence-electron chi connectivity index (χ2n) is 2.17. The number of nitriles is 1. The summed E-state index contributed by atoms with van der Waals surface area (Å²) in [6, 6.07) is 1.88. The lowest BCUT2D eigenvalue weighted by Gasteiger charge is -1.97. The van der Waals surface area contributed by atoms with Crippen molar-refractivity contribution in [3.8, 4) is 6.07 Å². The molecule has 0 saturated carbocycles. The standard InChI is InChI=1S/C7H11NO/c1-6(2)5-7(9)3-4-8/h5,7,9H,3H2,1-2H3. The molecule has 50 valence electrons. The van der Waals surface area contributed by atoms with Gasteiger partial charge in [-0.2, -0.15) is 5.26 Å². The van der Waals surface area contributed by atoms with Crippen molar-refractivity contribution in [2.24, 2.45) is 0 Å². The fraction of sp³-hybridized carbons (Fsp3) is 0.571. The molecule has 0 radical (unpaired) electrons. The van der Waals surface area contributed by atoms with E-state index in [9.17, 15) is 0 Å². The van der Waals surface area contributed by atoms with Gasteiger partial charge < -0.3 is 5.11 Å². The lowest BCUT2D eigenvalue weighted by molar-refractivity contribution is 0.228. The van der Waals surface area contributed by atoms with Crippen LogP contribution in [0.5, 0.6) is 0 Å². The molecule has 0 aromatic rings. The molecule has 0 aliphatic carbocycles. The molecule has 0 spiro atoms. The number of rotatable bonds is 2. The highest BCUT2D eigenvalue weighted by Crippen LogP contribution is 1.96. The zero-order valence-electron chi connectivity index (χ0n) is 5.76. The maximum Gasteiger partial charge on any atom is 0.0853 e. The van der Waals surface area contributed by atoms with Gasteiger partial charge in [-0.3, -0.25) is 0 Å². The number of allylic oxidation sites excluding steroid dienone is 1. The quantitative estimate of drug-likeness (QED) is 0.564. The second-order valence-corrected chi connectivity index (χ2v) is 2.17. The Morgan fingerprint density at radius 3 is 2.67 bits per heavy atom. The van der Waals surface area contributed by atoms with E-state index in [2.05, 4.69) is 0 Å². The molecule has 2 nitrogen and oxygen atoms in total. The van der Waals surface area contributed by atoms with Crippen LogP contribution in [0.15, 0.2) is 11.6 Å². The lowest BCUT2D eigenvalue weighted by atomic mass is 10.2. The third kappa shape index (κ3) is 5.05. The molecule has 1 unspecified atom stereocenters. The van der Waals surface area contributed by atoms with Gasteiger partial charge in [0, 0.05) is 0 Å². The summed E-state index contributed by atoms with van der Waals surface area (Å²) in [5, 5.41) is 17.0. The van der Waals surface area contributed by atoms with Crippen LogP contribution in [0, 0.1) is 11.3 Å². The summed E-state index contributed by atoms with van der Waals surface area (Å²) < 4.78 is 0. The summed E-state index contributed by atoms with van der Waals surface area (Å²) in [6.45, 7) is 3.78. The van der Waals surface area contributed by atoms with Crippen LogP contribution in [0.2, 0.25) is 0 Å². The number of hydrogen-bond donors (Lipinski definition) is 1. The Balaban J connectivity index is 3.65. The van der Waals surface area contributed by atoms with Crippen molar-refractivity contribution < 1.29 is 5.11 Å². The van der Waals surface area contributed by atoms with Crippen molar-refractivity contribution in [2.45, 2.75) is 26.4 Å². The normalized spacial score (nSPS) is 11.8. The molecule has 0 aromatic heterocycles. The van der Waals surface area contributed by atoms with Crippen LogP contribution < -0.4 is 0 Å². The van der Waals surface area contributed by atoms with Crippen molar-refractivity contribution >= 4 is 0 Å². The fourth-order valence-corrected chi connectivity index (χ4v) is 0.537. The van der Waals surface area contributed by atoms with Crippen molar-refractivity contribution in [1.82, 2.24) is 0 Å². The predicted octanol–water partition coefficient (Wildman–Crippen LogP) is 1.23. The molecule has 0 amide bonds. The number of hydrogen-bond acceptors (Lipinski definition) is 2. The van der Waals surface area contributed by atoms with Crippen molar-refractivity contribution in [3.05, 3.63) is 11.6 Å². The molecule has 9 heavy (non-hydrogen) atoms. The molecule has 0 saturated heterocycles. The van der Waals surface area contributed by atoms with Crippen molar-refractivity contribution in [3.63, 3.8) is 0 Å². The SMILES string of the molecule is CC(C)=CC(O)CC#N. The number of aliphatic hydroxyl groups is 1. The molecule has 1 N–H and O–H groups in total. The molecule has 0 bridgehead atoms. The largest absolute Gasteiger partial charge is 0.388 e. The van der Waals surface area contributed by atoms with Gasteiger partial charge in [-0.25, -0.2) is 0 Å². The highest BCUT2D eigenvalue weighted by molar-refractivity contribution is 5.00. The third-order valence-electron chi connectivity index (χ3n) is 0.826. The molecule has 2 heteroatoms. The highest BCUT2D eigenvalue weighted by Gasteiger charge is 1.95. The van der Waals surface area contributed by atoms with E-state index in [4.69, 9.17) is 10.4 Å². The zero-order chi connectivity index (χ0) is 7.28. The summed E-state index contributed by atoms with van der Waals surface area (Å²) in [5.74, 6) is 0. The van der Waals surface area contributed by atoms with E-state index >= 15 is 0 Å².